The fourth-order valence-electron chi connectivity index (χ4n) is 4.60. The lowest BCUT2D eigenvalue weighted by Gasteiger charge is -2.28. The molecule has 1 heterocycles. The number of halogens is 4. The smallest absolute Gasteiger partial charge is 0.336 e. The van der Waals surface area contributed by atoms with Gasteiger partial charge in [0.2, 0.25) is 5.91 Å². The summed E-state index contributed by atoms with van der Waals surface area (Å²) in [5.41, 5.74) is -7.02. The fourth-order valence-corrected chi connectivity index (χ4v) is 5.34. The van der Waals surface area contributed by atoms with E-state index in [1.165, 1.54) is 38.1 Å². The van der Waals surface area contributed by atoms with Crippen molar-refractivity contribution in [1.29, 1.82) is 0 Å². The molecule has 0 radical (unpaired) electrons. The largest absolute Gasteiger partial charge is 0.416 e. The van der Waals surface area contributed by atoms with E-state index >= 15 is 0 Å². The summed E-state index contributed by atoms with van der Waals surface area (Å²) in [5.74, 6) is -5.16. The van der Waals surface area contributed by atoms with Crippen LogP contribution in [0.25, 0.3) is 11.1 Å². The highest BCUT2D eigenvalue weighted by molar-refractivity contribution is 7.98. The van der Waals surface area contributed by atoms with Crippen LogP contribution in [-0.2, 0) is 42.5 Å². The molecule has 0 N–H and O–H groups in total. The van der Waals surface area contributed by atoms with Crippen LogP contribution in [0.1, 0.15) is 66.5 Å². The maximum atomic E-state index is 14.9. The first-order valence-corrected chi connectivity index (χ1v) is 15.6. The highest BCUT2D eigenvalue weighted by Crippen LogP contribution is 2.32. The molecule has 1 aromatic heterocycles. The first-order chi connectivity index (χ1) is 27.8. The van der Waals surface area contributed by atoms with Crippen molar-refractivity contribution in [3.8, 4) is 11.1 Å². The molecule has 0 spiro atoms. The lowest BCUT2D eigenvalue weighted by Crippen LogP contribution is -2.40. The summed E-state index contributed by atoms with van der Waals surface area (Å²) in [6.07, 6.45) is -10.9. The van der Waals surface area contributed by atoms with Crippen LogP contribution < -0.4 is 5.56 Å². The number of amides is 1. The highest BCUT2D eigenvalue weighted by Gasteiger charge is 2.30. The maximum Gasteiger partial charge on any atom is 0.416 e. The number of nitrogens with zero attached hydrogens (tertiary/aromatic N) is 4. The highest BCUT2D eigenvalue weighted by atomic mass is 32.2. The van der Waals surface area contributed by atoms with Gasteiger partial charge in [0, 0.05) is 48.8 Å². The van der Waals surface area contributed by atoms with Crippen LogP contribution in [0.2, 0.25) is 0 Å². The van der Waals surface area contributed by atoms with Gasteiger partial charge in [-0.1, -0.05) is 81.1 Å². The summed E-state index contributed by atoms with van der Waals surface area (Å²) >= 11 is 0.107. The van der Waals surface area contributed by atoms with E-state index in [0.29, 0.717) is 4.57 Å². The molecule has 0 bridgehead atoms. The lowest BCUT2D eigenvalue weighted by molar-refractivity contribution is -0.137. The molecule has 48 heavy (non-hydrogen) atoms. The van der Waals surface area contributed by atoms with E-state index in [1.54, 1.807) is 0 Å². The van der Waals surface area contributed by atoms with Crippen molar-refractivity contribution in [2.75, 3.05) is 26.1 Å². The number of likely N-dealkylation sites (N-methyl/N-ethyl adjacent to an activating group) is 1. The zero-order chi connectivity index (χ0) is 46.1. The first-order valence-electron chi connectivity index (χ1n) is 21.3. The molecule has 0 saturated carbocycles. The van der Waals surface area contributed by atoms with E-state index in [0.717, 1.165) is 60.4 Å². The number of alkyl halides is 3. The third kappa shape index (κ3) is 8.73. The van der Waals surface area contributed by atoms with Crippen molar-refractivity contribution < 1.29 is 40.2 Å². The van der Waals surface area contributed by atoms with Crippen LogP contribution >= 0.6 is 11.8 Å². The van der Waals surface area contributed by atoms with Crippen LogP contribution in [0.15, 0.2) is 82.7 Å². The van der Waals surface area contributed by atoms with Crippen LogP contribution in [0.3, 0.4) is 0 Å². The molecule has 0 aliphatic heterocycles. The summed E-state index contributed by atoms with van der Waals surface area (Å²) < 4.78 is 170. The number of aromatic nitrogens is 2. The number of benzene rings is 3. The average Bonchev–Trinajstić information content (AvgIpc) is 3.26. The molecule has 5 rings (SSSR count). The topological polar surface area (TPSA) is 58.4 Å². The molecule has 254 valence electrons. The van der Waals surface area contributed by atoms with Crippen molar-refractivity contribution in [2.45, 2.75) is 63.6 Å². The molecule has 4 aromatic rings. The number of carbonyl (C=O) groups excluding carboxylic acids is 1. The lowest BCUT2D eigenvalue weighted by atomic mass is 10.0. The number of fused-ring (bicyclic) bond motifs is 1. The van der Waals surface area contributed by atoms with Crippen molar-refractivity contribution in [3.63, 3.8) is 0 Å². The summed E-state index contributed by atoms with van der Waals surface area (Å²) in [6.45, 7) is -7.99. The zero-order valence-corrected chi connectivity index (χ0v) is 26.9. The van der Waals surface area contributed by atoms with Crippen molar-refractivity contribution in [1.82, 2.24) is 19.4 Å². The monoisotopic (exact) mass is 693 g/mol. The third-order valence-electron chi connectivity index (χ3n) is 7.17. The van der Waals surface area contributed by atoms with Crippen LogP contribution in [0.5, 0.6) is 0 Å². The molecular formula is C37H40F4N4O2S. The van der Waals surface area contributed by atoms with Gasteiger partial charge in [0.25, 0.3) is 5.56 Å². The van der Waals surface area contributed by atoms with E-state index in [1.807, 2.05) is 0 Å². The molecule has 1 unspecified atom stereocenters. The predicted octanol–water partition coefficient (Wildman–Crippen LogP) is 7.47. The quantitative estimate of drug-likeness (QED) is 0.0827. The Morgan fingerprint density at radius 2 is 1.58 bits per heavy atom. The Hall–Kier alpha value is -3.96. The molecule has 0 saturated heterocycles. The molecular weight excluding hydrogens is 640 g/mol. The third-order valence-corrected chi connectivity index (χ3v) is 8.00. The second-order valence-corrected chi connectivity index (χ2v) is 11.3. The number of thioether (sulfide) groups is 1. The molecule has 1 aliphatic rings. The van der Waals surface area contributed by atoms with Gasteiger partial charge in [0.1, 0.15) is 12.4 Å². The fraction of sp³-hybridized carbons (Fsp3) is 0.378. The van der Waals surface area contributed by atoms with E-state index in [9.17, 15) is 32.6 Å². The summed E-state index contributed by atoms with van der Waals surface area (Å²) in [5, 5.41) is -0.794. The van der Waals surface area contributed by atoms with Gasteiger partial charge in [-0.2, -0.15) is 18.2 Å². The Morgan fingerprint density at radius 3 is 2.19 bits per heavy atom. The number of rotatable bonds is 13. The van der Waals surface area contributed by atoms with Crippen LogP contribution in [0, 0.1) is 11.7 Å². The molecule has 0 fully saturated rings. The molecule has 1 aliphatic carbocycles. The van der Waals surface area contributed by atoms with Crippen molar-refractivity contribution in [3.05, 3.63) is 117 Å². The van der Waals surface area contributed by atoms with Gasteiger partial charge in [-0.3, -0.25) is 9.59 Å². The van der Waals surface area contributed by atoms with Gasteiger partial charge >= 0.3 is 6.18 Å². The predicted molar refractivity (Wildman–Crippen MR) is 181 cm³/mol. The minimum Gasteiger partial charge on any atom is -0.336 e. The minimum atomic E-state index is -4.61. The molecule has 3 aromatic carbocycles. The van der Waals surface area contributed by atoms with Gasteiger partial charge in [0.15, 0.2) is 5.16 Å². The molecule has 1 amide bonds. The second-order valence-electron chi connectivity index (χ2n) is 10.5. The van der Waals surface area contributed by atoms with Gasteiger partial charge in [-0.05, 0) is 78.2 Å². The number of carbonyl (C=O) groups is 1. The van der Waals surface area contributed by atoms with Crippen LogP contribution in [-0.4, -0.2) is 51.3 Å². The Bertz CT molecular complexity index is 2340. The minimum absolute atomic E-state index is 0.0714. The van der Waals surface area contributed by atoms with Crippen LogP contribution in [0.4, 0.5) is 17.6 Å². The summed E-state index contributed by atoms with van der Waals surface area (Å²) in [7, 11) is 0. The van der Waals surface area contributed by atoms with Gasteiger partial charge in [-0.25, -0.2) is 4.39 Å². The molecule has 11 heteroatoms. The second kappa shape index (κ2) is 15.5. The summed E-state index contributed by atoms with van der Waals surface area (Å²) in [4.78, 5) is 33.2. The Morgan fingerprint density at radius 1 is 0.979 bits per heavy atom. The average molecular weight is 694 g/mol. The van der Waals surface area contributed by atoms with Gasteiger partial charge < -0.3 is 14.4 Å². The van der Waals surface area contributed by atoms with Crippen molar-refractivity contribution in [2.24, 2.45) is 5.89 Å². The molecule has 6 nitrogen and oxygen atoms in total. The zero-order valence-electron chi connectivity index (χ0n) is 39.1. The van der Waals surface area contributed by atoms with Gasteiger partial charge in [0.05, 0.1) is 11.0 Å². The molecule has 1 atom stereocenters. The Balaban J connectivity index is 1.73. The SMILES string of the molecule is [2H]C([2H])(Sc1nc(=O)c2c(n1CC(=O)N(C([2H])([2H])c1ccc(-c3ccc(C(F)(F)F)cc3)cc1)C([2H])([2H])C([2H])([2H])N(CC)CC)C([2H])([2H])C([2H])(C)C2([2H])[2H])c1ccc(F)cc1. The van der Waals surface area contributed by atoms with E-state index < -0.39 is 101 Å². The normalized spacial score (nSPS) is 23.2. The van der Waals surface area contributed by atoms with Crippen molar-refractivity contribution >= 4 is 17.7 Å². The van der Waals surface area contributed by atoms with E-state index in [2.05, 4.69) is 4.98 Å². The summed E-state index contributed by atoms with van der Waals surface area (Å²) in [6, 6.07) is 12.8. The number of hydrogen-bond acceptors (Lipinski definition) is 5. The number of hydrogen-bond donors (Lipinski definition) is 0. The van der Waals surface area contributed by atoms with E-state index in [-0.39, 0.29) is 46.4 Å². The maximum absolute atomic E-state index is 14.9. The van der Waals surface area contributed by atoms with E-state index in [4.69, 9.17) is 12.3 Å². The Kier molecular flexibility index (Phi) is 7.07. The van der Waals surface area contributed by atoms with Gasteiger partial charge in [-0.15, -0.1) is 0 Å². The first kappa shape index (κ1) is 21.9. The standard InChI is InChI=1S/C37H40F4N4O2S/c1-4-43(5-2)18-19-44(22-26-6-10-28(11-7-26)29-12-14-30(15-13-29)37(39,40)41)34(46)23-45-33-21-25(3)20-32(33)35(47)42-36(45)48-24-27-8-16-31(38)17-9-27/h6-17,25H,4-5,18-24H2,1-3H3/i18D2,19D2,20D2,21D2,22D2,24D2,25D. The Labute approximate surface area is 301 Å².